The quantitative estimate of drug-likeness (QED) is 0.692. The van der Waals surface area contributed by atoms with Crippen molar-refractivity contribution in [3.05, 3.63) is 82.1 Å². The van der Waals surface area contributed by atoms with Gasteiger partial charge in [0.25, 0.3) is 0 Å². The maximum absolute atomic E-state index is 5.97. The third-order valence-electron chi connectivity index (χ3n) is 4.20. The highest BCUT2D eigenvalue weighted by atomic mass is 16.5. The third-order valence-corrected chi connectivity index (χ3v) is 4.20. The summed E-state index contributed by atoms with van der Waals surface area (Å²) in [5, 5.41) is 0. The number of aryl methyl sites for hydroxylation is 2. The van der Waals surface area contributed by atoms with Crippen LogP contribution in [0.15, 0.2) is 54.3 Å². The van der Waals surface area contributed by atoms with Gasteiger partial charge in [-0.15, -0.1) is 0 Å². The standard InChI is InChI=1S/C21H22O/c1-4-22-20(14-17-8-6-5-7-9-17)19-13-12-18-15(2)10-11-16(3)21(18)19/h5-11,13-14H,4,12H2,1-3H3/b20-14+. The van der Waals surface area contributed by atoms with Gasteiger partial charge >= 0.3 is 0 Å². The summed E-state index contributed by atoms with van der Waals surface area (Å²) in [6.45, 7) is 7.09. The maximum atomic E-state index is 5.97. The first-order valence-electron chi connectivity index (χ1n) is 7.90. The lowest BCUT2D eigenvalue weighted by molar-refractivity contribution is 0.249. The molecule has 0 unspecified atom stereocenters. The second-order valence-electron chi connectivity index (χ2n) is 5.73. The number of benzene rings is 2. The van der Waals surface area contributed by atoms with E-state index in [1.807, 2.05) is 13.0 Å². The number of rotatable bonds is 4. The van der Waals surface area contributed by atoms with Crippen molar-refractivity contribution in [3.8, 4) is 0 Å². The molecule has 0 heterocycles. The minimum absolute atomic E-state index is 0.677. The topological polar surface area (TPSA) is 9.23 Å². The van der Waals surface area contributed by atoms with E-state index < -0.39 is 0 Å². The first kappa shape index (κ1) is 14.6. The zero-order chi connectivity index (χ0) is 15.5. The zero-order valence-corrected chi connectivity index (χ0v) is 13.5. The van der Waals surface area contributed by atoms with Gasteiger partial charge in [-0.1, -0.05) is 48.5 Å². The van der Waals surface area contributed by atoms with Crippen molar-refractivity contribution < 1.29 is 4.74 Å². The minimum atomic E-state index is 0.677. The molecule has 0 bridgehead atoms. The Morgan fingerprint density at radius 3 is 2.50 bits per heavy atom. The summed E-state index contributed by atoms with van der Waals surface area (Å²) < 4.78 is 5.97. The molecule has 2 aromatic rings. The average Bonchev–Trinajstić information content (AvgIpc) is 2.98. The first-order chi connectivity index (χ1) is 10.7. The van der Waals surface area contributed by atoms with E-state index in [1.165, 1.54) is 33.4 Å². The van der Waals surface area contributed by atoms with Gasteiger partial charge in [-0.2, -0.15) is 0 Å². The van der Waals surface area contributed by atoms with Crippen molar-refractivity contribution in [2.24, 2.45) is 0 Å². The number of hydrogen-bond donors (Lipinski definition) is 0. The number of hydrogen-bond acceptors (Lipinski definition) is 1. The molecule has 3 rings (SSSR count). The highest BCUT2D eigenvalue weighted by Crippen LogP contribution is 2.37. The van der Waals surface area contributed by atoms with Gasteiger partial charge in [0.05, 0.1) is 6.61 Å². The van der Waals surface area contributed by atoms with Crippen molar-refractivity contribution in [1.82, 2.24) is 0 Å². The first-order valence-corrected chi connectivity index (χ1v) is 7.90. The van der Waals surface area contributed by atoms with E-state index in [4.69, 9.17) is 4.74 Å². The molecule has 0 aliphatic heterocycles. The molecule has 112 valence electrons. The van der Waals surface area contributed by atoms with Crippen molar-refractivity contribution in [3.63, 3.8) is 0 Å². The highest BCUT2D eigenvalue weighted by Gasteiger charge is 2.21. The molecular formula is C21H22O. The second kappa shape index (κ2) is 6.23. The predicted octanol–water partition coefficient (Wildman–Crippen LogP) is 5.32. The van der Waals surface area contributed by atoms with Gasteiger partial charge in [0.15, 0.2) is 0 Å². The van der Waals surface area contributed by atoms with Gasteiger partial charge in [0.1, 0.15) is 5.76 Å². The van der Waals surface area contributed by atoms with Crippen LogP contribution in [0.1, 0.15) is 34.7 Å². The molecule has 0 saturated heterocycles. The molecular weight excluding hydrogens is 268 g/mol. The smallest absolute Gasteiger partial charge is 0.127 e. The van der Waals surface area contributed by atoms with Crippen LogP contribution in [0.25, 0.3) is 11.6 Å². The Hall–Kier alpha value is -2.28. The predicted molar refractivity (Wildman–Crippen MR) is 93.6 cm³/mol. The molecule has 0 N–H and O–H groups in total. The van der Waals surface area contributed by atoms with Crippen LogP contribution in [0.4, 0.5) is 0 Å². The fourth-order valence-corrected chi connectivity index (χ4v) is 3.09. The number of allylic oxidation sites excluding steroid dienone is 2. The lowest BCUT2D eigenvalue weighted by Gasteiger charge is -2.15. The fraction of sp³-hybridized carbons (Fsp3) is 0.238. The van der Waals surface area contributed by atoms with Gasteiger partial charge < -0.3 is 4.74 Å². The minimum Gasteiger partial charge on any atom is -0.493 e. The van der Waals surface area contributed by atoms with E-state index in [2.05, 4.69) is 62.4 Å². The zero-order valence-electron chi connectivity index (χ0n) is 13.5. The fourth-order valence-electron chi connectivity index (χ4n) is 3.09. The molecule has 0 amide bonds. The van der Waals surface area contributed by atoms with Crippen LogP contribution in [-0.4, -0.2) is 6.61 Å². The van der Waals surface area contributed by atoms with Crippen LogP contribution in [-0.2, 0) is 11.2 Å². The molecule has 0 saturated carbocycles. The number of ether oxygens (including phenoxy) is 1. The van der Waals surface area contributed by atoms with E-state index in [9.17, 15) is 0 Å². The molecule has 2 aromatic carbocycles. The van der Waals surface area contributed by atoms with Crippen molar-refractivity contribution in [2.75, 3.05) is 6.61 Å². The molecule has 1 nitrogen and oxygen atoms in total. The van der Waals surface area contributed by atoms with Gasteiger partial charge in [0, 0.05) is 5.57 Å². The van der Waals surface area contributed by atoms with Gasteiger partial charge in [-0.3, -0.25) is 0 Å². The monoisotopic (exact) mass is 290 g/mol. The Morgan fingerprint density at radius 1 is 1.05 bits per heavy atom. The molecule has 0 radical (unpaired) electrons. The van der Waals surface area contributed by atoms with Crippen molar-refractivity contribution >= 4 is 11.6 Å². The van der Waals surface area contributed by atoms with Crippen LogP contribution < -0.4 is 0 Å². The molecule has 1 heteroatoms. The summed E-state index contributed by atoms with van der Waals surface area (Å²) >= 11 is 0. The Balaban J connectivity index is 2.07. The van der Waals surface area contributed by atoms with Gasteiger partial charge in [-0.05, 0) is 61.1 Å². The van der Waals surface area contributed by atoms with E-state index in [1.54, 1.807) is 0 Å². The molecule has 0 spiro atoms. The summed E-state index contributed by atoms with van der Waals surface area (Å²) in [7, 11) is 0. The van der Waals surface area contributed by atoms with E-state index >= 15 is 0 Å². The van der Waals surface area contributed by atoms with Crippen molar-refractivity contribution in [1.29, 1.82) is 0 Å². The van der Waals surface area contributed by atoms with Crippen LogP contribution in [0.5, 0.6) is 0 Å². The normalized spacial score (nSPS) is 13.8. The third kappa shape index (κ3) is 2.71. The van der Waals surface area contributed by atoms with Crippen LogP contribution in [0.3, 0.4) is 0 Å². The largest absolute Gasteiger partial charge is 0.493 e. The van der Waals surface area contributed by atoms with E-state index in [-0.39, 0.29) is 0 Å². The molecule has 0 atom stereocenters. The SMILES string of the molecule is CCO/C(=C/c1ccccc1)C1=CCc2c(C)ccc(C)c21. The molecule has 1 aliphatic carbocycles. The molecule has 0 aromatic heterocycles. The Labute approximate surface area is 133 Å². The summed E-state index contributed by atoms with van der Waals surface area (Å²) in [6, 6.07) is 14.8. The molecule has 0 fully saturated rings. The second-order valence-corrected chi connectivity index (χ2v) is 5.73. The summed E-state index contributed by atoms with van der Waals surface area (Å²) in [6.07, 6.45) is 5.44. The lowest BCUT2D eigenvalue weighted by Crippen LogP contribution is -1.98. The Morgan fingerprint density at radius 2 is 1.77 bits per heavy atom. The van der Waals surface area contributed by atoms with Gasteiger partial charge in [0.2, 0.25) is 0 Å². The van der Waals surface area contributed by atoms with Crippen molar-refractivity contribution in [2.45, 2.75) is 27.2 Å². The lowest BCUT2D eigenvalue weighted by atomic mass is 9.95. The van der Waals surface area contributed by atoms with Crippen LogP contribution in [0, 0.1) is 13.8 Å². The Bertz CT molecular complexity index is 736. The van der Waals surface area contributed by atoms with E-state index in [0.717, 1.165) is 12.2 Å². The Kier molecular flexibility index (Phi) is 4.15. The summed E-state index contributed by atoms with van der Waals surface area (Å²) in [5.41, 5.74) is 7.89. The van der Waals surface area contributed by atoms with Crippen LogP contribution in [0.2, 0.25) is 0 Å². The van der Waals surface area contributed by atoms with Crippen LogP contribution >= 0.6 is 0 Å². The number of fused-ring (bicyclic) bond motifs is 1. The highest BCUT2D eigenvalue weighted by molar-refractivity contribution is 5.88. The maximum Gasteiger partial charge on any atom is 0.127 e. The van der Waals surface area contributed by atoms with Gasteiger partial charge in [-0.25, -0.2) is 0 Å². The average molecular weight is 290 g/mol. The summed E-state index contributed by atoms with van der Waals surface area (Å²) in [5.74, 6) is 0.973. The summed E-state index contributed by atoms with van der Waals surface area (Å²) in [4.78, 5) is 0. The molecule has 1 aliphatic rings. The molecule has 22 heavy (non-hydrogen) atoms. The van der Waals surface area contributed by atoms with E-state index in [0.29, 0.717) is 6.61 Å².